The lowest BCUT2D eigenvalue weighted by Crippen LogP contribution is -2.42. The van der Waals surface area contributed by atoms with Gasteiger partial charge in [-0.15, -0.1) is 0 Å². The SMILES string of the molecule is COc1c(C)c(C)cc(C)c1N(C)CC1CC(N)C1. The fourth-order valence-electron chi connectivity index (χ4n) is 3.18. The maximum Gasteiger partial charge on any atom is 0.145 e. The first-order chi connectivity index (χ1) is 8.93. The average Bonchev–Trinajstić information content (AvgIpc) is 2.31. The van der Waals surface area contributed by atoms with Gasteiger partial charge in [0, 0.05) is 19.6 Å². The Bertz CT molecular complexity index is 464. The molecule has 0 spiro atoms. The number of methoxy groups -OCH3 is 1. The van der Waals surface area contributed by atoms with E-state index in [9.17, 15) is 0 Å². The summed E-state index contributed by atoms with van der Waals surface area (Å²) in [5, 5.41) is 0. The van der Waals surface area contributed by atoms with E-state index in [1.54, 1.807) is 7.11 Å². The molecule has 1 aromatic carbocycles. The highest BCUT2D eigenvalue weighted by atomic mass is 16.5. The van der Waals surface area contributed by atoms with Crippen molar-refractivity contribution < 1.29 is 4.74 Å². The number of ether oxygens (including phenoxy) is 1. The molecule has 0 aliphatic heterocycles. The van der Waals surface area contributed by atoms with Gasteiger partial charge in [-0.25, -0.2) is 0 Å². The monoisotopic (exact) mass is 262 g/mol. The Hall–Kier alpha value is -1.22. The van der Waals surface area contributed by atoms with Crippen LogP contribution in [0, 0.1) is 26.7 Å². The second kappa shape index (κ2) is 5.41. The zero-order valence-electron chi connectivity index (χ0n) is 12.8. The summed E-state index contributed by atoms with van der Waals surface area (Å²) < 4.78 is 5.65. The molecule has 3 heteroatoms. The van der Waals surface area contributed by atoms with Crippen LogP contribution in [0.15, 0.2) is 6.07 Å². The number of hydrogen-bond donors (Lipinski definition) is 1. The molecule has 0 amide bonds. The zero-order chi connectivity index (χ0) is 14.2. The number of anilines is 1. The van der Waals surface area contributed by atoms with Gasteiger partial charge in [-0.3, -0.25) is 0 Å². The lowest BCUT2D eigenvalue weighted by Gasteiger charge is -2.37. The molecule has 1 aliphatic rings. The molecule has 0 unspecified atom stereocenters. The van der Waals surface area contributed by atoms with E-state index in [0.29, 0.717) is 6.04 Å². The first-order valence-electron chi connectivity index (χ1n) is 7.05. The number of nitrogens with zero attached hydrogens (tertiary/aromatic N) is 1. The van der Waals surface area contributed by atoms with Crippen molar-refractivity contribution in [2.45, 2.75) is 39.7 Å². The van der Waals surface area contributed by atoms with Crippen LogP contribution in [0.2, 0.25) is 0 Å². The van der Waals surface area contributed by atoms with Gasteiger partial charge in [-0.1, -0.05) is 6.07 Å². The van der Waals surface area contributed by atoms with Crippen molar-refractivity contribution in [1.29, 1.82) is 0 Å². The Balaban J connectivity index is 2.25. The predicted octanol–water partition coefficient (Wildman–Crippen LogP) is 2.79. The van der Waals surface area contributed by atoms with Crippen LogP contribution in [-0.4, -0.2) is 26.7 Å². The molecule has 0 saturated heterocycles. The Morgan fingerprint density at radius 2 is 1.89 bits per heavy atom. The van der Waals surface area contributed by atoms with Gasteiger partial charge in [0.2, 0.25) is 0 Å². The van der Waals surface area contributed by atoms with Gasteiger partial charge in [0.05, 0.1) is 12.8 Å². The second-order valence-electron chi connectivity index (χ2n) is 6.00. The van der Waals surface area contributed by atoms with Gasteiger partial charge < -0.3 is 15.4 Å². The average molecular weight is 262 g/mol. The largest absolute Gasteiger partial charge is 0.494 e. The van der Waals surface area contributed by atoms with Crippen LogP contribution in [0.5, 0.6) is 5.75 Å². The predicted molar refractivity (Wildman–Crippen MR) is 81.2 cm³/mol. The topological polar surface area (TPSA) is 38.5 Å². The molecule has 1 fully saturated rings. The summed E-state index contributed by atoms with van der Waals surface area (Å²) in [7, 11) is 3.92. The Morgan fingerprint density at radius 3 is 2.42 bits per heavy atom. The molecule has 0 bridgehead atoms. The van der Waals surface area contributed by atoms with Crippen molar-refractivity contribution in [3.8, 4) is 5.75 Å². The smallest absolute Gasteiger partial charge is 0.145 e. The molecule has 1 aliphatic carbocycles. The van der Waals surface area contributed by atoms with Crippen LogP contribution in [0.25, 0.3) is 0 Å². The molecule has 2 N–H and O–H groups in total. The molecular formula is C16H26N2O. The summed E-state index contributed by atoms with van der Waals surface area (Å²) in [5.41, 5.74) is 10.9. The van der Waals surface area contributed by atoms with E-state index < -0.39 is 0 Å². The van der Waals surface area contributed by atoms with Crippen LogP contribution in [0.4, 0.5) is 5.69 Å². The molecular weight excluding hydrogens is 236 g/mol. The Labute approximate surface area is 116 Å². The number of rotatable bonds is 4. The van der Waals surface area contributed by atoms with Gasteiger partial charge in [0.15, 0.2) is 0 Å². The number of nitrogens with two attached hydrogens (primary N) is 1. The van der Waals surface area contributed by atoms with Gasteiger partial charge in [-0.2, -0.15) is 0 Å². The van der Waals surface area contributed by atoms with Crippen molar-refractivity contribution in [2.24, 2.45) is 11.7 Å². The molecule has 2 rings (SSSR count). The molecule has 0 atom stereocenters. The first kappa shape index (κ1) is 14.2. The Kier molecular flexibility index (Phi) is 4.04. The third-order valence-electron chi connectivity index (χ3n) is 4.34. The fourth-order valence-corrected chi connectivity index (χ4v) is 3.18. The zero-order valence-corrected chi connectivity index (χ0v) is 12.8. The van der Waals surface area contributed by atoms with Crippen molar-refractivity contribution in [3.05, 3.63) is 22.8 Å². The van der Waals surface area contributed by atoms with Gasteiger partial charge in [0.25, 0.3) is 0 Å². The lowest BCUT2D eigenvalue weighted by molar-refractivity contribution is 0.270. The summed E-state index contributed by atoms with van der Waals surface area (Å²) in [6, 6.07) is 2.66. The van der Waals surface area contributed by atoms with E-state index in [4.69, 9.17) is 10.5 Å². The molecule has 1 aromatic rings. The number of hydrogen-bond acceptors (Lipinski definition) is 3. The summed E-state index contributed by atoms with van der Waals surface area (Å²) in [5.74, 6) is 1.74. The molecule has 3 nitrogen and oxygen atoms in total. The summed E-state index contributed by atoms with van der Waals surface area (Å²) in [4.78, 5) is 2.33. The van der Waals surface area contributed by atoms with E-state index >= 15 is 0 Å². The molecule has 1 saturated carbocycles. The molecule has 106 valence electrons. The van der Waals surface area contributed by atoms with Crippen molar-refractivity contribution in [3.63, 3.8) is 0 Å². The highest BCUT2D eigenvalue weighted by Gasteiger charge is 2.28. The van der Waals surface area contributed by atoms with Crippen molar-refractivity contribution in [1.82, 2.24) is 0 Å². The van der Waals surface area contributed by atoms with Crippen LogP contribution in [-0.2, 0) is 0 Å². The minimum atomic E-state index is 0.418. The minimum Gasteiger partial charge on any atom is -0.494 e. The summed E-state index contributed by atoms with van der Waals surface area (Å²) in [6.07, 6.45) is 2.30. The standard InChI is InChI=1S/C16H26N2O/c1-10-6-11(2)15(16(19-5)12(10)3)18(4)9-13-7-14(17)8-13/h6,13-14H,7-9,17H2,1-5H3. The van der Waals surface area contributed by atoms with Gasteiger partial charge >= 0.3 is 0 Å². The van der Waals surface area contributed by atoms with Gasteiger partial charge in [-0.05, 0) is 56.2 Å². The molecule has 0 heterocycles. The summed E-state index contributed by atoms with van der Waals surface area (Å²) >= 11 is 0. The van der Waals surface area contributed by atoms with Crippen molar-refractivity contribution >= 4 is 5.69 Å². The van der Waals surface area contributed by atoms with E-state index in [0.717, 1.165) is 31.1 Å². The van der Waals surface area contributed by atoms with E-state index in [1.165, 1.54) is 22.4 Å². The Morgan fingerprint density at radius 1 is 1.26 bits per heavy atom. The number of aryl methyl sites for hydroxylation is 2. The van der Waals surface area contributed by atoms with Crippen LogP contribution >= 0.6 is 0 Å². The lowest BCUT2D eigenvalue weighted by atomic mass is 9.80. The normalized spacial score (nSPS) is 22.0. The van der Waals surface area contributed by atoms with E-state index in [-0.39, 0.29) is 0 Å². The molecule has 0 aromatic heterocycles. The minimum absolute atomic E-state index is 0.418. The van der Waals surface area contributed by atoms with Crippen molar-refractivity contribution in [2.75, 3.05) is 25.6 Å². The van der Waals surface area contributed by atoms with E-state index in [1.807, 2.05) is 0 Å². The number of benzene rings is 1. The molecule has 19 heavy (non-hydrogen) atoms. The van der Waals surface area contributed by atoms with Crippen LogP contribution < -0.4 is 15.4 Å². The van der Waals surface area contributed by atoms with Crippen LogP contribution in [0.3, 0.4) is 0 Å². The summed E-state index contributed by atoms with van der Waals surface area (Å²) in [6.45, 7) is 7.49. The third-order valence-corrected chi connectivity index (χ3v) is 4.34. The maximum absolute atomic E-state index is 5.87. The quantitative estimate of drug-likeness (QED) is 0.907. The van der Waals surface area contributed by atoms with Crippen LogP contribution in [0.1, 0.15) is 29.5 Å². The first-order valence-corrected chi connectivity index (χ1v) is 7.05. The highest BCUT2D eigenvalue weighted by Crippen LogP contribution is 2.38. The second-order valence-corrected chi connectivity index (χ2v) is 6.00. The maximum atomic E-state index is 5.87. The highest BCUT2D eigenvalue weighted by molar-refractivity contribution is 5.67. The van der Waals surface area contributed by atoms with E-state index in [2.05, 4.69) is 38.8 Å². The van der Waals surface area contributed by atoms with Gasteiger partial charge in [0.1, 0.15) is 5.75 Å². The third kappa shape index (κ3) is 2.71. The fraction of sp³-hybridized carbons (Fsp3) is 0.625. The molecule has 0 radical (unpaired) electrons.